The Labute approximate surface area is 194 Å². The Kier molecular flexibility index (Phi) is 7.57. The van der Waals surface area contributed by atoms with Gasteiger partial charge >= 0.3 is 11.9 Å². The maximum Gasteiger partial charge on any atom is 0.348 e. The van der Waals surface area contributed by atoms with Crippen LogP contribution >= 0.6 is 11.3 Å². The number of esters is 2. The highest BCUT2D eigenvalue weighted by atomic mass is 32.1. The molecular formula is C24H21NO7S. The molecule has 0 atom stereocenters. The van der Waals surface area contributed by atoms with Gasteiger partial charge in [-0.25, -0.2) is 9.59 Å². The topological polar surface area (TPSA) is 108 Å². The Bertz CT molecular complexity index is 1180. The highest BCUT2D eigenvalue weighted by Gasteiger charge is 2.26. The molecule has 2 aromatic carbocycles. The van der Waals surface area contributed by atoms with Gasteiger partial charge in [0.1, 0.15) is 15.6 Å². The quantitative estimate of drug-likeness (QED) is 0.396. The lowest BCUT2D eigenvalue weighted by Crippen LogP contribution is -2.21. The summed E-state index contributed by atoms with van der Waals surface area (Å²) in [6.45, 7) is 1.22. The molecule has 1 amide bonds. The van der Waals surface area contributed by atoms with Crippen molar-refractivity contribution in [3.63, 3.8) is 0 Å². The van der Waals surface area contributed by atoms with E-state index in [1.54, 1.807) is 55.5 Å². The summed E-state index contributed by atoms with van der Waals surface area (Å²) in [5.41, 5.74) is 1.50. The van der Waals surface area contributed by atoms with Gasteiger partial charge in [0.25, 0.3) is 5.91 Å². The summed E-state index contributed by atoms with van der Waals surface area (Å²) in [4.78, 5) is 49.2. The summed E-state index contributed by atoms with van der Waals surface area (Å²) in [7, 11) is 2.43. The zero-order valence-corrected chi connectivity index (χ0v) is 19.0. The van der Waals surface area contributed by atoms with Gasteiger partial charge in [0.15, 0.2) is 12.4 Å². The number of amides is 1. The Morgan fingerprint density at radius 3 is 2.06 bits per heavy atom. The molecule has 0 fully saturated rings. The minimum Gasteiger partial charge on any atom is -0.484 e. The van der Waals surface area contributed by atoms with Crippen LogP contribution in [0.3, 0.4) is 0 Å². The van der Waals surface area contributed by atoms with E-state index in [9.17, 15) is 19.2 Å². The van der Waals surface area contributed by atoms with Crippen LogP contribution in [0.4, 0.5) is 5.00 Å². The Hall–Kier alpha value is -3.98. The molecule has 8 nitrogen and oxygen atoms in total. The summed E-state index contributed by atoms with van der Waals surface area (Å²) in [5.74, 6) is -1.58. The number of carbonyl (C=O) groups is 4. The van der Waals surface area contributed by atoms with E-state index in [-0.39, 0.29) is 27.8 Å². The fourth-order valence-electron chi connectivity index (χ4n) is 3.01. The lowest BCUT2D eigenvalue weighted by Gasteiger charge is -2.08. The van der Waals surface area contributed by atoms with E-state index >= 15 is 0 Å². The van der Waals surface area contributed by atoms with Crippen molar-refractivity contribution in [2.75, 3.05) is 26.1 Å². The normalized spacial score (nSPS) is 10.3. The number of benzene rings is 2. The number of rotatable bonds is 8. The molecule has 0 saturated heterocycles. The van der Waals surface area contributed by atoms with Crippen LogP contribution in [0.25, 0.3) is 0 Å². The van der Waals surface area contributed by atoms with E-state index < -0.39 is 17.8 Å². The first kappa shape index (κ1) is 23.7. The summed E-state index contributed by atoms with van der Waals surface area (Å²) in [6, 6.07) is 15.3. The lowest BCUT2D eigenvalue weighted by atomic mass is 10.0. The van der Waals surface area contributed by atoms with Crippen LogP contribution in [-0.4, -0.2) is 44.5 Å². The number of hydrogen-bond donors (Lipinski definition) is 1. The van der Waals surface area contributed by atoms with E-state index in [4.69, 9.17) is 14.2 Å². The monoisotopic (exact) mass is 467 g/mol. The minimum absolute atomic E-state index is 0.0834. The van der Waals surface area contributed by atoms with E-state index in [1.165, 1.54) is 14.2 Å². The third-order valence-electron chi connectivity index (χ3n) is 4.68. The van der Waals surface area contributed by atoms with Gasteiger partial charge in [-0.05, 0) is 36.8 Å². The van der Waals surface area contributed by atoms with Crippen LogP contribution in [-0.2, 0) is 14.3 Å². The molecule has 3 aromatic rings. The van der Waals surface area contributed by atoms with Crippen molar-refractivity contribution < 1.29 is 33.4 Å². The molecule has 3 rings (SSSR count). The maximum atomic E-state index is 12.5. The van der Waals surface area contributed by atoms with Gasteiger partial charge < -0.3 is 19.5 Å². The third-order valence-corrected chi connectivity index (χ3v) is 5.87. The molecule has 0 aliphatic rings. The van der Waals surface area contributed by atoms with E-state index in [0.717, 1.165) is 11.3 Å². The van der Waals surface area contributed by atoms with Gasteiger partial charge in [0, 0.05) is 11.1 Å². The molecule has 0 aliphatic carbocycles. The molecule has 0 spiro atoms. The summed E-state index contributed by atoms with van der Waals surface area (Å²) in [5, 5.41) is 2.74. The zero-order valence-electron chi connectivity index (χ0n) is 18.2. The van der Waals surface area contributed by atoms with Crippen molar-refractivity contribution >= 4 is 40.0 Å². The fraction of sp³-hybridized carbons (Fsp3) is 0.167. The molecule has 0 radical (unpaired) electrons. The number of methoxy groups -OCH3 is 2. The van der Waals surface area contributed by atoms with Crippen molar-refractivity contribution in [1.82, 2.24) is 0 Å². The largest absolute Gasteiger partial charge is 0.484 e. The van der Waals surface area contributed by atoms with E-state index in [2.05, 4.69) is 5.32 Å². The van der Waals surface area contributed by atoms with Crippen LogP contribution in [0, 0.1) is 6.92 Å². The summed E-state index contributed by atoms with van der Waals surface area (Å²) < 4.78 is 15.0. The first-order valence-corrected chi connectivity index (χ1v) is 10.6. The molecule has 1 N–H and O–H groups in total. The molecule has 1 heterocycles. The molecule has 0 aliphatic heterocycles. The van der Waals surface area contributed by atoms with Crippen LogP contribution in [0.1, 0.15) is 41.5 Å². The van der Waals surface area contributed by atoms with Crippen LogP contribution < -0.4 is 10.1 Å². The maximum absolute atomic E-state index is 12.5. The van der Waals surface area contributed by atoms with Crippen molar-refractivity contribution in [2.24, 2.45) is 0 Å². The third kappa shape index (κ3) is 5.45. The summed E-state index contributed by atoms with van der Waals surface area (Å²) >= 11 is 0.915. The first-order chi connectivity index (χ1) is 15.8. The van der Waals surface area contributed by atoms with Gasteiger partial charge in [0.05, 0.1) is 19.8 Å². The Morgan fingerprint density at radius 2 is 1.45 bits per heavy atom. The highest BCUT2D eigenvalue weighted by Crippen LogP contribution is 2.34. The second-order valence-electron chi connectivity index (χ2n) is 6.80. The van der Waals surface area contributed by atoms with Crippen molar-refractivity contribution in [2.45, 2.75) is 6.92 Å². The predicted molar refractivity (Wildman–Crippen MR) is 122 cm³/mol. The van der Waals surface area contributed by atoms with Gasteiger partial charge in [-0.2, -0.15) is 0 Å². The van der Waals surface area contributed by atoms with Gasteiger partial charge in [-0.1, -0.05) is 30.3 Å². The van der Waals surface area contributed by atoms with Gasteiger partial charge in [-0.3, -0.25) is 9.59 Å². The van der Waals surface area contributed by atoms with Crippen LogP contribution in [0.15, 0.2) is 54.6 Å². The van der Waals surface area contributed by atoms with Crippen molar-refractivity contribution in [3.05, 3.63) is 81.7 Å². The van der Waals surface area contributed by atoms with Crippen molar-refractivity contribution in [1.29, 1.82) is 0 Å². The number of ketones is 1. The van der Waals surface area contributed by atoms with Gasteiger partial charge in [0.2, 0.25) is 0 Å². The molecule has 0 saturated carbocycles. The molecule has 1 aromatic heterocycles. The van der Waals surface area contributed by atoms with Crippen LogP contribution in [0.5, 0.6) is 5.75 Å². The average Bonchev–Trinajstić information content (AvgIpc) is 3.17. The Balaban J connectivity index is 1.66. The molecule has 33 heavy (non-hydrogen) atoms. The molecular weight excluding hydrogens is 446 g/mol. The predicted octanol–water partition coefficient (Wildman–Crippen LogP) is 3.88. The zero-order chi connectivity index (χ0) is 24.0. The second-order valence-corrected chi connectivity index (χ2v) is 7.82. The smallest absolute Gasteiger partial charge is 0.348 e. The Morgan fingerprint density at radius 1 is 0.848 bits per heavy atom. The number of anilines is 1. The molecule has 170 valence electrons. The van der Waals surface area contributed by atoms with E-state index in [0.29, 0.717) is 22.4 Å². The van der Waals surface area contributed by atoms with Crippen molar-refractivity contribution in [3.8, 4) is 5.75 Å². The van der Waals surface area contributed by atoms with E-state index in [1.807, 2.05) is 6.07 Å². The number of carbonyl (C=O) groups excluding carboxylic acids is 4. The highest BCUT2D eigenvalue weighted by molar-refractivity contribution is 7.18. The molecule has 0 unspecified atom stereocenters. The number of ether oxygens (including phenoxy) is 3. The number of hydrogen-bond acceptors (Lipinski definition) is 8. The average molecular weight is 467 g/mol. The second kappa shape index (κ2) is 10.6. The number of nitrogens with one attached hydrogen (secondary N) is 1. The fourth-order valence-corrected chi connectivity index (χ4v) is 4.14. The molecule has 9 heteroatoms. The van der Waals surface area contributed by atoms with Gasteiger partial charge in [-0.15, -0.1) is 11.3 Å². The van der Waals surface area contributed by atoms with Crippen LogP contribution in [0.2, 0.25) is 0 Å². The lowest BCUT2D eigenvalue weighted by molar-refractivity contribution is -0.118. The summed E-state index contributed by atoms with van der Waals surface area (Å²) in [6.07, 6.45) is 0. The first-order valence-electron chi connectivity index (χ1n) is 9.78. The SMILES string of the molecule is COC(=O)c1sc(NC(=O)COc2ccc(C(=O)c3ccccc3)cc2)c(C(=O)OC)c1C. The minimum atomic E-state index is -0.686. The number of thiophene rings is 1. The molecule has 0 bridgehead atoms. The standard InChI is InChI=1S/C24H21NO7S/c1-14-19(23(28)30-2)22(33-21(14)24(29)31-3)25-18(26)13-32-17-11-9-16(10-12-17)20(27)15-7-5-4-6-8-15/h4-12H,13H2,1-3H3,(H,25,26).